The van der Waals surface area contributed by atoms with Crippen LogP contribution in [0.15, 0.2) is 0 Å². The highest BCUT2D eigenvalue weighted by Gasteiger charge is 2.30. The van der Waals surface area contributed by atoms with Gasteiger partial charge in [0.05, 0.1) is 0 Å². The quantitative estimate of drug-likeness (QED) is 0.568. The van der Waals surface area contributed by atoms with E-state index in [0.29, 0.717) is 6.04 Å². The molecule has 0 bridgehead atoms. The van der Waals surface area contributed by atoms with Crippen LogP contribution in [-0.2, 0) is 0 Å². The first kappa shape index (κ1) is 6.62. The Morgan fingerprint density at radius 1 is 1.40 bits per heavy atom. The van der Waals surface area contributed by atoms with Gasteiger partial charge < -0.3 is 5.32 Å². The van der Waals surface area contributed by atoms with Gasteiger partial charge in [-0.15, -0.1) is 0 Å². The van der Waals surface area contributed by atoms with Crippen LogP contribution in [-0.4, -0.2) is 36.6 Å². The van der Waals surface area contributed by atoms with Crippen LogP contribution in [0.1, 0.15) is 19.8 Å². The minimum absolute atomic E-state index is 0.717. The summed E-state index contributed by atoms with van der Waals surface area (Å²) in [6.07, 6.45) is 2.90. The SMILES string of the molecule is C[C@@H]1CN(C2CC2)CCN1. The van der Waals surface area contributed by atoms with Gasteiger partial charge in [-0.2, -0.15) is 0 Å². The normalized spacial score (nSPS) is 36.3. The third-order valence-electron chi connectivity index (χ3n) is 2.46. The molecule has 0 aromatic rings. The minimum atomic E-state index is 0.717. The summed E-state index contributed by atoms with van der Waals surface area (Å²) >= 11 is 0. The maximum Gasteiger partial charge on any atom is 0.0167 e. The summed E-state index contributed by atoms with van der Waals surface area (Å²) in [4.78, 5) is 2.63. The van der Waals surface area contributed by atoms with Gasteiger partial charge in [0, 0.05) is 31.7 Å². The molecule has 1 saturated heterocycles. The van der Waals surface area contributed by atoms with Crippen LogP contribution in [0.5, 0.6) is 0 Å². The van der Waals surface area contributed by atoms with Crippen LogP contribution in [0.25, 0.3) is 0 Å². The molecule has 0 aromatic heterocycles. The van der Waals surface area contributed by atoms with E-state index in [1.807, 2.05) is 0 Å². The average Bonchev–Trinajstić information content (AvgIpc) is 2.68. The van der Waals surface area contributed by atoms with Gasteiger partial charge in [0.25, 0.3) is 0 Å². The lowest BCUT2D eigenvalue weighted by Gasteiger charge is -2.31. The van der Waals surface area contributed by atoms with E-state index in [0.717, 1.165) is 6.04 Å². The van der Waals surface area contributed by atoms with Crippen LogP contribution in [0, 0.1) is 0 Å². The van der Waals surface area contributed by atoms with Gasteiger partial charge in [-0.05, 0) is 19.8 Å². The molecule has 2 rings (SSSR count). The largest absolute Gasteiger partial charge is 0.312 e. The lowest BCUT2D eigenvalue weighted by atomic mass is 10.2. The van der Waals surface area contributed by atoms with Gasteiger partial charge in [-0.3, -0.25) is 4.90 Å². The van der Waals surface area contributed by atoms with Crippen LogP contribution in [0.3, 0.4) is 0 Å². The average molecular weight is 140 g/mol. The maximum atomic E-state index is 3.45. The number of nitrogens with one attached hydrogen (secondary N) is 1. The first-order valence-electron chi connectivity index (χ1n) is 4.33. The zero-order chi connectivity index (χ0) is 6.97. The summed E-state index contributed by atoms with van der Waals surface area (Å²) in [6, 6.07) is 1.68. The standard InChI is InChI=1S/C8H16N2/c1-7-6-10(5-4-9-7)8-2-3-8/h7-9H,2-6H2,1H3/t7-/m1/s1. The molecule has 1 saturated carbocycles. The van der Waals surface area contributed by atoms with Crippen LogP contribution in [0.2, 0.25) is 0 Å². The van der Waals surface area contributed by atoms with Crippen molar-refractivity contribution in [3.05, 3.63) is 0 Å². The number of rotatable bonds is 1. The first-order valence-corrected chi connectivity index (χ1v) is 4.33. The number of hydrogen-bond donors (Lipinski definition) is 1. The second kappa shape index (κ2) is 2.51. The van der Waals surface area contributed by atoms with Crippen molar-refractivity contribution in [2.24, 2.45) is 0 Å². The Bertz CT molecular complexity index is 120. The van der Waals surface area contributed by atoms with Gasteiger partial charge in [0.1, 0.15) is 0 Å². The molecule has 1 atom stereocenters. The molecule has 0 spiro atoms. The minimum Gasteiger partial charge on any atom is -0.312 e. The molecular weight excluding hydrogens is 124 g/mol. The van der Waals surface area contributed by atoms with E-state index in [1.54, 1.807) is 0 Å². The van der Waals surface area contributed by atoms with E-state index in [1.165, 1.54) is 32.5 Å². The van der Waals surface area contributed by atoms with Crippen molar-refractivity contribution < 1.29 is 0 Å². The molecule has 0 aromatic carbocycles. The highest BCUT2D eigenvalue weighted by atomic mass is 15.2. The Labute approximate surface area is 62.6 Å². The second-order valence-corrected chi connectivity index (χ2v) is 3.58. The monoisotopic (exact) mass is 140 g/mol. The molecule has 2 heteroatoms. The van der Waals surface area contributed by atoms with Gasteiger partial charge in [0.15, 0.2) is 0 Å². The summed E-state index contributed by atoms with van der Waals surface area (Å²) in [7, 11) is 0. The van der Waals surface area contributed by atoms with Crippen LogP contribution < -0.4 is 5.32 Å². The highest BCUT2D eigenvalue weighted by Crippen LogP contribution is 2.27. The summed E-state index contributed by atoms with van der Waals surface area (Å²) in [5.41, 5.74) is 0. The van der Waals surface area contributed by atoms with E-state index >= 15 is 0 Å². The van der Waals surface area contributed by atoms with Crippen molar-refractivity contribution in [1.82, 2.24) is 10.2 Å². The zero-order valence-electron chi connectivity index (χ0n) is 6.64. The van der Waals surface area contributed by atoms with Crippen molar-refractivity contribution >= 4 is 0 Å². The molecule has 2 nitrogen and oxygen atoms in total. The Morgan fingerprint density at radius 3 is 2.80 bits per heavy atom. The Kier molecular flexibility index (Phi) is 1.66. The van der Waals surface area contributed by atoms with Gasteiger partial charge in [-0.25, -0.2) is 0 Å². The Morgan fingerprint density at radius 2 is 2.20 bits per heavy atom. The molecule has 58 valence electrons. The van der Waals surface area contributed by atoms with E-state index in [9.17, 15) is 0 Å². The molecule has 1 aliphatic heterocycles. The number of nitrogens with zero attached hydrogens (tertiary/aromatic N) is 1. The maximum absolute atomic E-state index is 3.45. The van der Waals surface area contributed by atoms with E-state index in [2.05, 4.69) is 17.1 Å². The molecule has 0 radical (unpaired) electrons. The van der Waals surface area contributed by atoms with E-state index in [-0.39, 0.29) is 0 Å². The molecule has 0 amide bonds. The van der Waals surface area contributed by atoms with E-state index < -0.39 is 0 Å². The molecule has 10 heavy (non-hydrogen) atoms. The third-order valence-corrected chi connectivity index (χ3v) is 2.46. The van der Waals surface area contributed by atoms with Gasteiger partial charge >= 0.3 is 0 Å². The van der Waals surface area contributed by atoms with Gasteiger partial charge in [-0.1, -0.05) is 0 Å². The summed E-state index contributed by atoms with van der Waals surface area (Å²) < 4.78 is 0. The smallest absolute Gasteiger partial charge is 0.0167 e. The van der Waals surface area contributed by atoms with Gasteiger partial charge in [0.2, 0.25) is 0 Å². The van der Waals surface area contributed by atoms with Crippen molar-refractivity contribution in [3.63, 3.8) is 0 Å². The lowest BCUT2D eigenvalue weighted by molar-refractivity contribution is 0.198. The zero-order valence-corrected chi connectivity index (χ0v) is 6.64. The lowest BCUT2D eigenvalue weighted by Crippen LogP contribution is -2.49. The second-order valence-electron chi connectivity index (χ2n) is 3.58. The molecule has 2 aliphatic rings. The molecule has 1 N–H and O–H groups in total. The summed E-state index contributed by atoms with van der Waals surface area (Å²) in [5.74, 6) is 0. The number of hydrogen-bond acceptors (Lipinski definition) is 2. The number of piperazine rings is 1. The third kappa shape index (κ3) is 1.32. The molecule has 0 unspecified atom stereocenters. The molecule has 2 fully saturated rings. The molecule has 1 aliphatic carbocycles. The highest BCUT2D eigenvalue weighted by molar-refractivity contribution is 4.88. The summed E-state index contributed by atoms with van der Waals surface area (Å²) in [6.45, 7) is 6.01. The van der Waals surface area contributed by atoms with Crippen LogP contribution >= 0.6 is 0 Å². The molecular formula is C8H16N2. The van der Waals surface area contributed by atoms with Crippen molar-refractivity contribution in [2.45, 2.75) is 31.8 Å². The predicted octanol–water partition coefficient (Wildman–Crippen LogP) is 0.442. The Hall–Kier alpha value is -0.0800. The fraction of sp³-hybridized carbons (Fsp3) is 1.00. The first-order chi connectivity index (χ1) is 4.86. The van der Waals surface area contributed by atoms with Crippen molar-refractivity contribution in [3.8, 4) is 0 Å². The summed E-state index contributed by atoms with van der Waals surface area (Å²) in [5, 5.41) is 3.45. The van der Waals surface area contributed by atoms with E-state index in [4.69, 9.17) is 0 Å². The van der Waals surface area contributed by atoms with Crippen LogP contribution in [0.4, 0.5) is 0 Å². The molecule has 1 heterocycles. The fourth-order valence-corrected chi connectivity index (χ4v) is 1.73. The Balaban J connectivity index is 1.84. The van der Waals surface area contributed by atoms with Crippen molar-refractivity contribution in [1.29, 1.82) is 0 Å². The fourth-order valence-electron chi connectivity index (χ4n) is 1.73. The predicted molar refractivity (Wildman–Crippen MR) is 42.1 cm³/mol. The van der Waals surface area contributed by atoms with Crippen molar-refractivity contribution in [2.75, 3.05) is 19.6 Å². The topological polar surface area (TPSA) is 15.3 Å².